The van der Waals surface area contributed by atoms with Gasteiger partial charge in [0.05, 0.1) is 24.0 Å². The monoisotopic (exact) mass is 438 g/mol. The molecule has 0 bridgehead atoms. The topological polar surface area (TPSA) is 59.9 Å². The van der Waals surface area contributed by atoms with Crippen LogP contribution in [0.25, 0.3) is 0 Å². The molecule has 0 atom stereocenters. The minimum absolute atomic E-state index is 0.120. The Morgan fingerprint density at radius 1 is 1.21 bits per heavy atom. The fourth-order valence-corrected chi connectivity index (χ4v) is 3.00. The molecule has 0 aromatic heterocycles. The average Bonchev–Trinajstić information content (AvgIpc) is 2.60. The smallest absolute Gasteiger partial charge is 0.240 e. The molecule has 0 spiro atoms. The molecule has 6 heteroatoms. The minimum atomic E-state index is -0.120. The van der Waals surface area contributed by atoms with Gasteiger partial charge in [-0.2, -0.15) is 5.10 Å². The molecule has 5 nitrogen and oxygen atoms in total. The van der Waals surface area contributed by atoms with E-state index in [1.165, 1.54) is 0 Å². The largest absolute Gasteiger partial charge is 0.493 e. The van der Waals surface area contributed by atoms with Crippen LogP contribution in [-0.2, 0) is 11.2 Å². The second kappa shape index (κ2) is 9.27. The van der Waals surface area contributed by atoms with Gasteiger partial charge < -0.3 is 9.47 Å². The van der Waals surface area contributed by atoms with Crippen molar-refractivity contribution in [1.29, 1.82) is 0 Å². The first-order chi connectivity index (χ1) is 11.6. The standard InChI is InChI=1S/C18H19IN2O3/c1-23-16-11-14(10-15(19)18(16)24-2)12-20-21-17(22)9-8-13-6-4-3-5-7-13/h3-7,10-12H,8-9H2,1-2H3,(H,21,22)/b20-12+. The van der Waals surface area contributed by atoms with E-state index in [0.717, 1.165) is 14.7 Å². The Morgan fingerprint density at radius 3 is 2.62 bits per heavy atom. The van der Waals surface area contributed by atoms with E-state index in [2.05, 4.69) is 33.1 Å². The molecule has 0 aliphatic rings. The molecule has 0 aliphatic heterocycles. The van der Waals surface area contributed by atoms with Crippen molar-refractivity contribution in [2.45, 2.75) is 12.8 Å². The molecule has 0 unspecified atom stereocenters. The van der Waals surface area contributed by atoms with E-state index in [-0.39, 0.29) is 5.91 Å². The lowest BCUT2D eigenvalue weighted by Gasteiger charge is -2.10. The normalized spacial score (nSPS) is 10.6. The number of benzene rings is 2. The Hall–Kier alpha value is -2.09. The number of methoxy groups -OCH3 is 2. The van der Waals surface area contributed by atoms with E-state index < -0.39 is 0 Å². The first-order valence-electron chi connectivity index (χ1n) is 7.41. The molecule has 0 aliphatic carbocycles. The summed E-state index contributed by atoms with van der Waals surface area (Å²) in [6, 6.07) is 13.6. The molecule has 0 saturated carbocycles. The molecule has 1 amide bonds. The summed E-state index contributed by atoms with van der Waals surface area (Å²) >= 11 is 2.17. The summed E-state index contributed by atoms with van der Waals surface area (Å²) in [5, 5.41) is 4.00. The van der Waals surface area contributed by atoms with Crippen LogP contribution in [0.1, 0.15) is 17.5 Å². The highest BCUT2D eigenvalue weighted by molar-refractivity contribution is 14.1. The molecular formula is C18H19IN2O3. The van der Waals surface area contributed by atoms with Crippen LogP contribution in [0.4, 0.5) is 0 Å². The number of aryl methyl sites for hydroxylation is 1. The molecule has 2 aromatic rings. The maximum atomic E-state index is 11.8. The summed E-state index contributed by atoms with van der Waals surface area (Å²) < 4.78 is 11.5. The number of nitrogens with zero attached hydrogens (tertiary/aromatic N) is 1. The van der Waals surface area contributed by atoms with Crippen molar-refractivity contribution in [3.05, 3.63) is 57.2 Å². The summed E-state index contributed by atoms with van der Waals surface area (Å²) in [5.41, 5.74) is 4.49. The van der Waals surface area contributed by atoms with Gasteiger partial charge in [-0.15, -0.1) is 0 Å². The molecule has 2 rings (SSSR count). The lowest BCUT2D eigenvalue weighted by molar-refractivity contribution is -0.121. The Morgan fingerprint density at radius 2 is 1.96 bits per heavy atom. The molecule has 1 N–H and O–H groups in total. The van der Waals surface area contributed by atoms with E-state index >= 15 is 0 Å². The first-order valence-corrected chi connectivity index (χ1v) is 8.49. The van der Waals surface area contributed by atoms with E-state index in [1.807, 2.05) is 36.4 Å². The summed E-state index contributed by atoms with van der Waals surface area (Å²) in [6.07, 6.45) is 2.67. The van der Waals surface area contributed by atoms with Gasteiger partial charge in [-0.25, -0.2) is 5.43 Å². The molecular weight excluding hydrogens is 419 g/mol. The van der Waals surface area contributed by atoms with E-state index in [4.69, 9.17) is 9.47 Å². The van der Waals surface area contributed by atoms with Crippen LogP contribution >= 0.6 is 22.6 Å². The number of halogens is 1. The Kier molecular flexibility index (Phi) is 7.05. The van der Waals surface area contributed by atoms with Crippen molar-refractivity contribution in [3.63, 3.8) is 0 Å². The number of nitrogens with one attached hydrogen (secondary N) is 1. The Bertz CT molecular complexity index is 718. The number of amides is 1. The zero-order chi connectivity index (χ0) is 17.4. The van der Waals surface area contributed by atoms with Crippen LogP contribution in [0.3, 0.4) is 0 Å². The summed E-state index contributed by atoms with van der Waals surface area (Å²) in [4.78, 5) is 11.8. The van der Waals surface area contributed by atoms with Crippen molar-refractivity contribution >= 4 is 34.7 Å². The van der Waals surface area contributed by atoms with Crippen LogP contribution in [-0.4, -0.2) is 26.3 Å². The lowest BCUT2D eigenvalue weighted by Crippen LogP contribution is -2.17. The van der Waals surface area contributed by atoms with Gasteiger partial charge >= 0.3 is 0 Å². The molecule has 0 radical (unpaired) electrons. The Labute approximate surface area is 155 Å². The maximum absolute atomic E-state index is 11.8. The highest BCUT2D eigenvalue weighted by Gasteiger charge is 2.09. The zero-order valence-corrected chi connectivity index (χ0v) is 15.7. The van der Waals surface area contributed by atoms with Crippen molar-refractivity contribution in [3.8, 4) is 11.5 Å². The van der Waals surface area contributed by atoms with Gasteiger partial charge in [0.25, 0.3) is 0 Å². The number of rotatable bonds is 7. The summed E-state index contributed by atoms with van der Waals surface area (Å²) in [5.74, 6) is 1.19. The number of carbonyl (C=O) groups is 1. The van der Waals surface area contributed by atoms with E-state index in [9.17, 15) is 4.79 Å². The number of hydrogen-bond donors (Lipinski definition) is 1. The van der Waals surface area contributed by atoms with Gasteiger partial charge in [0, 0.05) is 6.42 Å². The van der Waals surface area contributed by atoms with Gasteiger partial charge in [0.15, 0.2) is 11.5 Å². The quantitative estimate of drug-likeness (QED) is 0.410. The van der Waals surface area contributed by atoms with Gasteiger partial charge in [0.1, 0.15) is 0 Å². The first kappa shape index (κ1) is 18.3. The fraction of sp³-hybridized carbons (Fsp3) is 0.222. The summed E-state index contributed by atoms with van der Waals surface area (Å²) in [7, 11) is 3.18. The van der Waals surface area contributed by atoms with Crippen LogP contribution < -0.4 is 14.9 Å². The van der Waals surface area contributed by atoms with E-state index in [0.29, 0.717) is 24.3 Å². The second-order valence-corrected chi connectivity index (χ2v) is 6.18. The predicted octanol–water partition coefficient (Wildman–Crippen LogP) is 3.39. The molecule has 2 aromatic carbocycles. The second-order valence-electron chi connectivity index (χ2n) is 5.02. The van der Waals surface area contributed by atoms with Crippen LogP contribution in [0.5, 0.6) is 11.5 Å². The number of hydrogen-bond acceptors (Lipinski definition) is 4. The molecule has 0 saturated heterocycles. The summed E-state index contributed by atoms with van der Waals surface area (Å²) in [6.45, 7) is 0. The van der Waals surface area contributed by atoms with Gasteiger partial charge in [0.2, 0.25) is 5.91 Å². The number of hydrazone groups is 1. The third kappa shape index (κ3) is 5.23. The van der Waals surface area contributed by atoms with Crippen LogP contribution in [0, 0.1) is 3.57 Å². The van der Waals surface area contributed by atoms with Crippen molar-refractivity contribution in [1.82, 2.24) is 5.43 Å². The third-order valence-corrected chi connectivity index (χ3v) is 4.14. The number of ether oxygens (including phenoxy) is 2. The maximum Gasteiger partial charge on any atom is 0.240 e. The molecule has 126 valence electrons. The van der Waals surface area contributed by atoms with Crippen LogP contribution in [0.2, 0.25) is 0 Å². The third-order valence-electron chi connectivity index (χ3n) is 3.34. The highest BCUT2D eigenvalue weighted by atomic mass is 127. The van der Waals surface area contributed by atoms with Gasteiger partial charge in [-0.3, -0.25) is 4.79 Å². The SMILES string of the molecule is COc1cc(/C=N/NC(=O)CCc2ccccc2)cc(I)c1OC. The lowest BCUT2D eigenvalue weighted by atomic mass is 10.1. The van der Waals surface area contributed by atoms with Crippen LogP contribution in [0.15, 0.2) is 47.6 Å². The van der Waals surface area contributed by atoms with Gasteiger partial charge in [-0.1, -0.05) is 30.3 Å². The average molecular weight is 438 g/mol. The zero-order valence-electron chi connectivity index (χ0n) is 13.6. The predicted molar refractivity (Wildman–Crippen MR) is 103 cm³/mol. The number of carbonyl (C=O) groups excluding carboxylic acids is 1. The van der Waals surface area contributed by atoms with Gasteiger partial charge in [-0.05, 0) is 52.3 Å². The molecule has 24 heavy (non-hydrogen) atoms. The van der Waals surface area contributed by atoms with Crippen molar-refractivity contribution in [2.24, 2.45) is 5.10 Å². The Balaban J connectivity index is 1.91. The highest BCUT2D eigenvalue weighted by Crippen LogP contribution is 2.32. The van der Waals surface area contributed by atoms with E-state index in [1.54, 1.807) is 26.5 Å². The minimum Gasteiger partial charge on any atom is -0.493 e. The fourth-order valence-electron chi connectivity index (χ4n) is 2.15. The molecule has 0 fully saturated rings. The van der Waals surface area contributed by atoms with Crippen molar-refractivity contribution < 1.29 is 14.3 Å². The van der Waals surface area contributed by atoms with Crippen molar-refractivity contribution in [2.75, 3.05) is 14.2 Å². The molecule has 0 heterocycles.